The number of hydrogen-bond donors (Lipinski definition) is 1. The number of nitrogens with zero attached hydrogens (tertiary/aromatic N) is 1. The van der Waals surface area contributed by atoms with Gasteiger partial charge in [-0.3, -0.25) is 4.79 Å². The Hall–Kier alpha value is -1.55. The Morgan fingerprint density at radius 1 is 1.53 bits per heavy atom. The SMILES string of the molecule is CCC1COC(C)CN1C(=O)c1ccc(C)c(N)c1. The Morgan fingerprint density at radius 3 is 2.89 bits per heavy atom. The van der Waals surface area contributed by atoms with Crippen molar-refractivity contribution in [3.63, 3.8) is 0 Å². The van der Waals surface area contributed by atoms with Crippen LogP contribution in [0.4, 0.5) is 5.69 Å². The lowest BCUT2D eigenvalue weighted by Gasteiger charge is -2.38. The molecule has 0 aliphatic carbocycles. The average Bonchev–Trinajstić information content (AvgIpc) is 2.41. The third-order valence-electron chi connectivity index (χ3n) is 3.73. The van der Waals surface area contributed by atoms with Crippen molar-refractivity contribution in [3.8, 4) is 0 Å². The van der Waals surface area contributed by atoms with Crippen molar-refractivity contribution in [1.82, 2.24) is 4.90 Å². The minimum absolute atomic E-state index is 0.0497. The topological polar surface area (TPSA) is 55.6 Å². The molecule has 0 radical (unpaired) electrons. The zero-order chi connectivity index (χ0) is 14.0. The number of carbonyl (C=O) groups is 1. The summed E-state index contributed by atoms with van der Waals surface area (Å²) < 4.78 is 5.62. The van der Waals surface area contributed by atoms with E-state index in [1.807, 2.05) is 30.9 Å². The molecule has 0 aromatic heterocycles. The van der Waals surface area contributed by atoms with Crippen molar-refractivity contribution in [2.45, 2.75) is 39.3 Å². The molecule has 1 heterocycles. The van der Waals surface area contributed by atoms with E-state index in [9.17, 15) is 4.79 Å². The Labute approximate surface area is 114 Å². The molecule has 0 saturated carbocycles. The van der Waals surface area contributed by atoms with Crippen LogP contribution < -0.4 is 5.73 Å². The first-order valence-electron chi connectivity index (χ1n) is 6.81. The molecule has 0 bridgehead atoms. The van der Waals surface area contributed by atoms with E-state index in [-0.39, 0.29) is 18.1 Å². The highest BCUT2D eigenvalue weighted by Gasteiger charge is 2.30. The van der Waals surface area contributed by atoms with Crippen molar-refractivity contribution < 1.29 is 9.53 Å². The second-order valence-corrected chi connectivity index (χ2v) is 5.23. The molecule has 1 amide bonds. The van der Waals surface area contributed by atoms with Gasteiger partial charge in [0.15, 0.2) is 0 Å². The van der Waals surface area contributed by atoms with Crippen LogP contribution in [0.25, 0.3) is 0 Å². The molecule has 4 heteroatoms. The minimum Gasteiger partial charge on any atom is -0.398 e. The average molecular weight is 262 g/mol. The zero-order valence-corrected chi connectivity index (χ0v) is 11.8. The van der Waals surface area contributed by atoms with Crippen LogP contribution in [-0.2, 0) is 4.74 Å². The van der Waals surface area contributed by atoms with Gasteiger partial charge in [0.2, 0.25) is 0 Å². The van der Waals surface area contributed by atoms with Crippen LogP contribution in [0, 0.1) is 6.92 Å². The maximum absolute atomic E-state index is 12.6. The lowest BCUT2D eigenvalue weighted by Crippen LogP contribution is -2.51. The van der Waals surface area contributed by atoms with E-state index in [0.29, 0.717) is 24.4 Å². The zero-order valence-electron chi connectivity index (χ0n) is 11.8. The lowest BCUT2D eigenvalue weighted by atomic mass is 10.1. The van der Waals surface area contributed by atoms with Crippen LogP contribution in [0.15, 0.2) is 18.2 Å². The minimum atomic E-state index is 0.0497. The van der Waals surface area contributed by atoms with Crippen LogP contribution in [-0.4, -0.2) is 36.1 Å². The number of aryl methyl sites for hydroxylation is 1. The molecule has 0 spiro atoms. The fourth-order valence-corrected chi connectivity index (χ4v) is 2.37. The summed E-state index contributed by atoms with van der Waals surface area (Å²) in [6.07, 6.45) is 0.995. The molecule has 2 N–H and O–H groups in total. The van der Waals surface area contributed by atoms with Crippen LogP contribution in [0.2, 0.25) is 0 Å². The number of benzene rings is 1. The van der Waals surface area contributed by atoms with E-state index in [1.165, 1.54) is 0 Å². The molecule has 1 saturated heterocycles. The first-order valence-corrected chi connectivity index (χ1v) is 6.81. The van der Waals surface area contributed by atoms with Crippen LogP contribution in [0.1, 0.15) is 36.2 Å². The number of rotatable bonds is 2. The standard InChI is InChI=1S/C15H22N2O2/c1-4-13-9-19-11(3)8-17(13)15(18)12-6-5-10(2)14(16)7-12/h5-7,11,13H,4,8-9,16H2,1-3H3. The maximum atomic E-state index is 12.6. The quantitative estimate of drug-likeness (QED) is 0.831. The van der Waals surface area contributed by atoms with Gasteiger partial charge in [-0.25, -0.2) is 0 Å². The Balaban J connectivity index is 2.23. The number of nitrogen functional groups attached to an aromatic ring is 1. The van der Waals surface area contributed by atoms with E-state index in [1.54, 1.807) is 6.07 Å². The third-order valence-corrected chi connectivity index (χ3v) is 3.73. The van der Waals surface area contributed by atoms with Crippen molar-refractivity contribution in [2.75, 3.05) is 18.9 Å². The van der Waals surface area contributed by atoms with Gasteiger partial charge in [0.25, 0.3) is 5.91 Å². The highest BCUT2D eigenvalue weighted by Crippen LogP contribution is 2.20. The van der Waals surface area contributed by atoms with E-state index in [4.69, 9.17) is 10.5 Å². The van der Waals surface area contributed by atoms with Gasteiger partial charge in [-0.05, 0) is 38.0 Å². The Bertz CT molecular complexity index is 473. The van der Waals surface area contributed by atoms with Crippen molar-refractivity contribution >= 4 is 11.6 Å². The monoisotopic (exact) mass is 262 g/mol. The molecular weight excluding hydrogens is 240 g/mol. The summed E-state index contributed by atoms with van der Waals surface area (Å²) in [5, 5.41) is 0. The highest BCUT2D eigenvalue weighted by molar-refractivity contribution is 5.95. The summed E-state index contributed by atoms with van der Waals surface area (Å²) in [5.41, 5.74) is 8.22. The molecule has 1 aromatic carbocycles. The summed E-state index contributed by atoms with van der Waals surface area (Å²) in [6.45, 7) is 7.27. The fraction of sp³-hybridized carbons (Fsp3) is 0.533. The molecule has 2 unspecified atom stereocenters. The molecule has 2 rings (SSSR count). The number of hydrogen-bond acceptors (Lipinski definition) is 3. The summed E-state index contributed by atoms with van der Waals surface area (Å²) in [5.74, 6) is 0.0497. The van der Waals surface area contributed by atoms with Gasteiger partial charge in [0.05, 0.1) is 18.8 Å². The molecule has 4 nitrogen and oxygen atoms in total. The van der Waals surface area contributed by atoms with Gasteiger partial charge in [0.1, 0.15) is 0 Å². The van der Waals surface area contributed by atoms with Crippen LogP contribution in [0.3, 0.4) is 0 Å². The number of morpholine rings is 1. The van der Waals surface area contributed by atoms with Gasteiger partial charge in [-0.15, -0.1) is 0 Å². The lowest BCUT2D eigenvalue weighted by molar-refractivity contribution is -0.0444. The first-order chi connectivity index (χ1) is 9.02. The summed E-state index contributed by atoms with van der Waals surface area (Å²) >= 11 is 0. The van der Waals surface area contributed by atoms with E-state index in [0.717, 1.165) is 12.0 Å². The van der Waals surface area contributed by atoms with Gasteiger partial charge in [-0.1, -0.05) is 13.0 Å². The number of carbonyl (C=O) groups excluding carboxylic acids is 1. The second-order valence-electron chi connectivity index (χ2n) is 5.23. The summed E-state index contributed by atoms with van der Waals surface area (Å²) in [7, 11) is 0. The van der Waals surface area contributed by atoms with Crippen molar-refractivity contribution in [2.24, 2.45) is 0 Å². The van der Waals surface area contributed by atoms with Gasteiger partial charge >= 0.3 is 0 Å². The number of amides is 1. The molecule has 2 atom stereocenters. The fourth-order valence-electron chi connectivity index (χ4n) is 2.37. The largest absolute Gasteiger partial charge is 0.398 e. The van der Waals surface area contributed by atoms with E-state index in [2.05, 4.69) is 6.92 Å². The van der Waals surface area contributed by atoms with Crippen molar-refractivity contribution in [3.05, 3.63) is 29.3 Å². The number of nitrogens with two attached hydrogens (primary N) is 1. The number of anilines is 1. The molecule has 104 valence electrons. The van der Waals surface area contributed by atoms with Crippen LogP contribution in [0.5, 0.6) is 0 Å². The first kappa shape index (κ1) is 13.9. The molecule has 1 aliphatic heterocycles. The van der Waals surface area contributed by atoms with E-state index >= 15 is 0 Å². The predicted octanol–water partition coefficient (Wildman–Crippen LogP) is 2.22. The van der Waals surface area contributed by atoms with Crippen molar-refractivity contribution in [1.29, 1.82) is 0 Å². The molecule has 1 aromatic rings. The molecule has 1 aliphatic rings. The van der Waals surface area contributed by atoms with E-state index < -0.39 is 0 Å². The molecule has 1 fully saturated rings. The Kier molecular flexibility index (Phi) is 4.10. The normalized spacial score (nSPS) is 23.4. The maximum Gasteiger partial charge on any atom is 0.254 e. The summed E-state index contributed by atoms with van der Waals surface area (Å²) in [4.78, 5) is 14.5. The Morgan fingerprint density at radius 2 is 2.26 bits per heavy atom. The van der Waals surface area contributed by atoms with Crippen LogP contribution >= 0.6 is 0 Å². The smallest absolute Gasteiger partial charge is 0.254 e. The van der Waals surface area contributed by atoms with Gasteiger partial charge < -0.3 is 15.4 Å². The van der Waals surface area contributed by atoms with Gasteiger partial charge in [-0.2, -0.15) is 0 Å². The summed E-state index contributed by atoms with van der Waals surface area (Å²) in [6, 6.07) is 5.67. The highest BCUT2D eigenvalue weighted by atomic mass is 16.5. The molecular formula is C15H22N2O2. The predicted molar refractivity (Wildman–Crippen MR) is 76.1 cm³/mol. The van der Waals surface area contributed by atoms with Gasteiger partial charge in [0, 0.05) is 17.8 Å². The second kappa shape index (κ2) is 5.61. The molecule has 19 heavy (non-hydrogen) atoms. The number of ether oxygens (including phenoxy) is 1. The third kappa shape index (κ3) is 2.89.